The number of hydrogen-bond donors (Lipinski definition) is 0. The maximum atomic E-state index is 11.5. The summed E-state index contributed by atoms with van der Waals surface area (Å²) in [5.41, 5.74) is 1.24. The van der Waals surface area contributed by atoms with E-state index in [9.17, 15) is 8.42 Å². The highest BCUT2D eigenvalue weighted by Gasteiger charge is 2.13. The lowest BCUT2D eigenvalue weighted by Gasteiger charge is -2.07. The first kappa shape index (κ1) is 19.3. The second-order valence-electron chi connectivity index (χ2n) is 6.04. The summed E-state index contributed by atoms with van der Waals surface area (Å²) >= 11 is 0. The van der Waals surface area contributed by atoms with Crippen molar-refractivity contribution in [2.45, 2.75) is 50.6 Å². The van der Waals surface area contributed by atoms with Crippen LogP contribution < -0.4 is 4.74 Å². The number of benzene rings is 1. The minimum absolute atomic E-state index is 0.270. The van der Waals surface area contributed by atoms with Gasteiger partial charge in [0.15, 0.2) is 0 Å². The van der Waals surface area contributed by atoms with Crippen LogP contribution in [-0.4, -0.2) is 36.5 Å². The first-order chi connectivity index (χ1) is 12.0. The molecule has 0 saturated carbocycles. The van der Waals surface area contributed by atoms with Gasteiger partial charge in [0.25, 0.3) is 5.16 Å². The van der Waals surface area contributed by atoms with Gasteiger partial charge in [-0.1, -0.05) is 39.0 Å². The van der Waals surface area contributed by atoms with E-state index in [0.29, 0.717) is 12.3 Å². The number of sulfone groups is 1. The summed E-state index contributed by atoms with van der Waals surface area (Å²) in [6.07, 6.45) is 9.89. The molecule has 0 aliphatic carbocycles. The van der Waals surface area contributed by atoms with Crippen LogP contribution in [0.2, 0.25) is 0 Å². The first-order valence-corrected chi connectivity index (χ1v) is 10.5. The fraction of sp³-hybridized carbons (Fsp3) is 0.500. The average Bonchev–Trinajstić information content (AvgIpc) is 2.61. The van der Waals surface area contributed by atoms with E-state index in [-0.39, 0.29) is 5.16 Å². The minimum Gasteiger partial charge on any atom is -0.494 e. The molecule has 0 saturated heterocycles. The van der Waals surface area contributed by atoms with Gasteiger partial charge in [-0.25, -0.2) is 13.4 Å². The molecule has 0 amide bonds. The Morgan fingerprint density at radius 3 is 2.36 bits per heavy atom. The number of aromatic nitrogens is 3. The lowest BCUT2D eigenvalue weighted by atomic mass is 10.1. The van der Waals surface area contributed by atoms with Gasteiger partial charge in [0.05, 0.1) is 18.5 Å². The molecule has 0 unspecified atom stereocenters. The highest BCUT2D eigenvalue weighted by atomic mass is 32.2. The van der Waals surface area contributed by atoms with Crippen LogP contribution in [0, 0.1) is 0 Å². The Labute approximate surface area is 149 Å². The summed E-state index contributed by atoms with van der Waals surface area (Å²) < 4.78 is 28.8. The molecule has 0 spiro atoms. The van der Waals surface area contributed by atoms with E-state index >= 15 is 0 Å². The highest BCUT2D eigenvalue weighted by molar-refractivity contribution is 7.90. The smallest absolute Gasteiger partial charge is 0.267 e. The SMILES string of the molecule is CCCCCCCCOc1ccc(-c2cnnc(S(C)(=O)=O)n2)cc1. The first-order valence-electron chi connectivity index (χ1n) is 8.63. The Morgan fingerprint density at radius 1 is 1.00 bits per heavy atom. The molecule has 2 rings (SSSR count). The fourth-order valence-electron chi connectivity index (χ4n) is 2.38. The standard InChI is InChI=1S/C18H25N3O3S/c1-3-4-5-6-7-8-13-24-16-11-9-15(10-12-16)17-14-19-21-18(20-17)25(2,22)23/h9-12,14H,3-8,13H2,1-2H3. The van der Waals surface area contributed by atoms with Crippen LogP contribution in [0.5, 0.6) is 5.75 Å². The van der Waals surface area contributed by atoms with Gasteiger partial charge in [0, 0.05) is 11.8 Å². The third-order valence-corrected chi connectivity index (χ3v) is 4.62. The van der Waals surface area contributed by atoms with Gasteiger partial charge in [-0.05, 0) is 30.7 Å². The number of ether oxygens (including phenoxy) is 1. The number of hydrogen-bond acceptors (Lipinski definition) is 6. The topological polar surface area (TPSA) is 82.0 Å². The molecule has 25 heavy (non-hydrogen) atoms. The van der Waals surface area contributed by atoms with Crippen LogP contribution in [0.15, 0.2) is 35.6 Å². The van der Waals surface area contributed by atoms with Crippen molar-refractivity contribution in [2.24, 2.45) is 0 Å². The van der Waals surface area contributed by atoms with Gasteiger partial charge in [0.1, 0.15) is 5.75 Å². The normalized spacial score (nSPS) is 11.4. The molecule has 1 aromatic heterocycles. The molecule has 0 aliphatic heterocycles. The molecule has 0 fully saturated rings. The summed E-state index contributed by atoms with van der Waals surface area (Å²) in [6.45, 7) is 2.92. The molecule has 0 bridgehead atoms. The molecule has 136 valence electrons. The summed E-state index contributed by atoms with van der Waals surface area (Å²) in [5.74, 6) is 0.794. The molecule has 0 N–H and O–H groups in total. The molecule has 0 radical (unpaired) electrons. The van der Waals surface area contributed by atoms with Gasteiger partial charge < -0.3 is 4.74 Å². The average molecular weight is 363 g/mol. The molecule has 6 nitrogen and oxygen atoms in total. The number of rotatable bonds is 10. The highest BCUT2D eigenvalue weighted by Crippen LogP contribution is 2.21. The summed E-state index contributed by atoms with van der Waals surface area (Å²) in [7, 11) is -3.47. The number of nitrogens with zero attached hydrogens (tertiary/aromatic N) is 3. The monoisotopic (exact) mass is 363 g/mol. The fourth-order valence-corrected chi connectivity index (χ4v) is 2.84. The Kier molecular flexibility index (Phi) is 7.31. The third kappa shape index (κ3) is 6.42. The molecule has 0 atom stereocenters. The van der Waals surface area contributed by atoms with E-state index in [1.807, 2.05) is 24.3 Å². The van der Waals surface area contributed by atoms with E-state index < -0.39 is 9.84 Å². The van der Waals surface area contributed by atoms with E-state index in [4.69, 9.17) is 4.74 Å². The van der Waals surface area contributed by atoms with Crippen molar-refractivity contribution in [2.75, 3.05) is 12.9 Å². The predicted octanol–water partition coefficient (Wildman–Crippen LogP) is 3.68. The molecular weight excluding hydrogens is 338 g/mol. The van der Waals surface area contributed by atoms with Crippen LogP contribution in [0.3, 0.4) is 0 Å². The molecular formula is C18H25N3O3S. The maximum Gasteiger partial charge on any atom is 0.267 e. The summed E-state index contributed by atoms with van der Waals surface area (Å²) in [5, 5.41) is 7.00. The quantitative estimate of drug-likeness (QED) is 0.599. The van der Waals surface area contributed by atoms with Crippen molar-refractivity contribution in [3.8, 4) is 17.0 Å². The summed E-state index contributed by atoms with van der Waals surface area (Å²) in [6, 6.07) is 7.39. The Morgan fingerprint density at radius 2 is 1.68 bits per heavy atom. The Balaban J connectivity index is 1.88. The van der Waals surface area contributed by atoms with Crippen LogP contribution >= 0.6 is 0 Å². The van der Waals surface area contributed by atoms with E-state index in [2.05, 4.69) is 22.1 Å². The van der Waals surface area contributed by atoms with Gasteiger partial charge in [-0.15, -0.1) is 5.10 Å². The largest absolute Gasteiger partial charge is 0.494 e. The van der Waals surface area contributed by atoms with Crippen molar-refractivity contribution in [3.63, 3.8) is 0 Å². The Hall–Kier alpha value is -2.02. The zero-order valence-corrected chi connectivity index (χ0v) is 15.6. The predicted molar refractivity (Wildman–Crippen MR) is 97.2 cm³/mol. The molecule has 7 heteroatoms. The van der Waals surface area contributed by atoms with Crippen LogP contribution in [0.25, 0.3) is 11.3 Å². The molecule has 1 heterocycles. The van der Waals surface area contributed by atoms with Gasteiger partial charge in [-0.2, -0.15) is 5.10 Å². The van der Waals surface area contributed by atoms with E-state index in [1.54, 1.807) is 0 Å². The second kappa shape index (κ2) is 9.46. The van der Waals surface area contributed by atoms with Crippen molar-refractivity contribution in [1.82, 2.24) is 15.2 Å². The van der Waals surface area contributed by atoms with Crippen molar-refractivity contribution in [3.05, 3.63) is 30.5 Å². The molecule has 1 aromatic carbocycles. The van der Waals surface area contributed by atoms with E-state index in [1.165, 1.54) is 38.3 Å². The van der Waals surface area contributed by atoms with E-state index in [0.717, 1.165) is 24.0 Å². The van der Waals surface area contributed by atoms with Crippen molar-refractivity contribution in [1.29, 1.82) is 0 Å². The van der Waals surface area contributed by atoms with Crippen LogP contribution in [-0.2, 0) is 9.84 Å². The van der Waals surface area contributed by atoms with Crippen LogP contribution in [0.4, 0.5) is 0 Å². The second-order valence-corrected chi connectivity index (χ2v) is 7.95. The number of unbranched alkanes of at least 4 members (excludes halogenated alkanes) is 5. The van der Waals surface area contributed by atoms with Gasteiger partial charge in [-0.3, -0.25) is 0 Å². The van der Waals surface area contributed by atoms with Gasteiger partial charge >= 0.3 is 0 Å². The lowest BCUT2D eigenvalue weighted by molar-refractivity contribution is 0.304. The van der Waals surface area contributed by atoms with Crippen molar-refractivity contribution < 1.29 is 13.2 Å². The van der Waals surface area contributed by atoms with Crippen LogP contribution in [0.1, 0.15) is 45.4 Å². The molecule has 2 aromatic rings. The zero-order chi connectivity index (χ0) is 18.1. The Bertz CT molecular complexity index is 761. The maximum absolute atomic E-state index is 11.5. The summed E-state index contributed by atoms with van der Waals surface area (Å²) in [4.78, 5) is 4.05. The zero-order valence-electron chi connectivity index (χ0n) is 14.8. The minimum atomic E-state index is -3.47. The lowest BCUT2D eigenvalue weighted by Crippen LogP contribution is -2.06. The van der Waals surface area contributed by atoms with Crippen molar-refractivity contribution >= 4 is 9.84 Å². The molecule has 0 aliphatic rings. The third-order valence-electron chi connectivity index (χ3n) is 3.79. The van der Waals surface area contributed by atoms with Gasteiger partial charge in [0.2, 0.25) is 9.84 Å².